The van der Waals surface area contributed by atoms with Gasteiger partial charge in [0.25, 0.3) is 0 Å². The Morgan fingerprint density at radius 2 is 2.00 bits per heavy atom. The Morgan fingerprint density at radius 3 is 2.31 bits per heavy atom. The van der Waals surface area contributed by atoms with E-state index in [2.05, 4.69) is 18.6 Å². The SMILES string of the molecule is CCC(C(=O)OC)C(N)CC(C)C. The third-order valence-corrected chi connectivity index (χ3v) is 2.20. The number of hydrogen-bond donors (Lipinski definition) is 1. The molecule has 0 bridgehead atoms. The summed E-state index contributed by atoms with van der Waals surface area (Å²) < 4.78 is 4.69. The minimum atomic E-state index is -0.185. The molecule has 0 heterocycles. The average Bonchev–Trinajstić information content (AvgIpc) is 2.03. The van der Waals surface area contributed by atoms with Gasteiger partial charge in [-0.25, -0.2) is 0 Å². The number of esters is 1. The number of carbonyl (C=O) groups is 1. The molecule has 2 unspecified atom stereocenters. The topological polar surface area (TPSA) is 52.3 Å². The standard InChI is InChI=1S/C10H21NO2/c1-5-8(10(12)13-4)9(11)6-7(2)3/h7-9H,5-6,11H2,1-4H3. The number of nitrogens with two attached hydrogens (primary N) is 1. The summed E-state index contributed by atoms with van der Waals surface area (Å²) in [7, 11) is 1.41. The Morgan fingerprint density at radius 1 is 1.46 bits per heavy atom. The molecule has 0 spiro atoms. The van der Waals surface area contributed by atoms with E-state index in [4.69, 9.17) is 5.73 Å². The van der Waals surface area contributed by atoms with E-state index >= 15 is 0 Å². The largest absolute Gasteiger partial charge is 0.469 e. The van der Waals surface area contributed by atoms with E-state index in [-0.39, 0.29) is 17.9 Å². The Kier molecular flexibility index (Phi) is 5.71. The lowest BCUT2D eigenvalue weighted by atomic mass is 9.91. The molecule has 0 aliphatic carbocycles. The van der Waals surface area contributed by atoms with Crippen LogP contribution in [0.2, 0.25) is 0 Å². The molecule has 0 aliphatic rings. The fourth-order valence-electron chi connectivity index (χ4n) is 1.50. The summed E-state index contributed by atoms with van der Waals surface area (Å²) in [5.74, 6) is 0.191. The third-order valence-electron chi connectivity index (χ3n) is 2.20. The summed E-state index contributed by atoms with van der Waals surface area (Å²) in [4.78, 5) is 11.3. The molecule has 0 rings (SSSR count). The Hall–Kier alpha value is -0.570. The summed E-state index contributed by atoms with van der Waals surface area (Å²) in [6, 6.07) is -0.0718. The average molecular weight is 187 g/mol. The first-order valence-corrected chi connectivity index (χ1v) is 4.86. The molecule has 0 aromatic carbocycles. The minimum Gasteiger partial charge on any atom is -0.469 e. The van der Waals surface area contributed by atoms with Crippen molar-refractivity contribution < 1.29 is 9.53 Å². The van der Waals surface area contributed by atoms with Crippen LogP contribution in [0.25, 0.3) is 0 Å². The molecule has 0 aliphatic heterocycles. The Balaban J connectivity index is 4.14. The molecule has 0 saturated carbocycles. The molecule has 0 saturated heterocycles. The van der Waals surface area contributed by atoms with Crippen molar-refractivity contribution in [1.82, 2.24) is 0 Å². The number of methoxy groups -OCH3 is 1. The van der Waals surface area contributed by atoms with Gasteiger partial charge in [0.15, 0.2) is 0 Å². The highest BCUT2D eigenvalue weighted by Crippen LogP contribution is 2.15. The second-order valence-corrected chi connectivity index (χ2v) is 3.83. The number of rotatable bonds is 5. The fourth-order valence-corrected chi connectivity index (χ4v) is 1.50. The molecule has 0 amide bonds. The van der Waals surface area contributed by atoms with Crippen LogP contribution < -0.4 is 5.73 Å². The van der Waals surface area contributed by atoms with E-state index in [1.165, 1.54) is 7.11 Å². The van der Waals surface area contributed by atoms with Gasteiger partial charge in [-0.2, -0.15) is 0 Å². The van der Waals surface area contributed by atoms with Crippen LogP contribution in [0.3, 0.4) is 0 Å². The van der Waals surface area contributed by atoms with Crippen molar-refractivity contribution in [2.24, 2.45) is 17.6 Å². The maximum atomic E-state index is 11.3. The minimum absolute atomic E-state index is 0.0718. The molecule has 0 aromatic rings. The van der Waals surface area contributed by atoms with Crippen LogP contribution in [-0.2, 0) is 9.53 Å². The second kappa shape index (κ2) is 5.97. The summed E-state index contributed by atoms with van der Waals surface area (Å²) in [6.45, 7) is 6.16. The Labute approximate surface area is 80.6 Å². The zero-order valence-corrected chi connectivity index (χ0v) is 9.04. The molecule has 2 N–H and O–H groups in total. The molecule has 78 valence electrons. The van der Waals surface area contributed by atoms with Gasteiger partial charge in [-0.05, 0) is 18.8 Å². The number of ether oxygens (including phenoxy) is 1. The van der Waals surface area contributed by atoms with Gasteiger partial charge in [0, 0.05) is 6.04 Å². The predicted molar refractivity (Wildman–Crippen MR) is 53.2 cm³/mol. The second-order valence-electron chi connectivity index (χ2n) is 3.83. The van der Waals surface area contributed by atoms with Gasteiger partial charge in [0.05, 0.1) is 13.0 Å². The number of carbonyl (C=O) groups excluding carboxylic acids is 1. The van der Waals surface area contributed by atoms with E-state index in [1.54, 1.807) is 0 Å². The smallest absolute Gasteiger partial charge is 0.310 e. The van der Waals surface area contributed by atoms with Crippen molar-refractivity contribution in [3.05, 3.63) is 0 Å². The normalized spacial score (nSPS) is 15.5. The van der Waals surface area contributed by atoms with Crippen molar-refractivity contribution in [3.63, 3.8) is 0 Å². The molecule has 0 fully saturated rings. The molecule has 3 nitrogen and oxygen atoms in total. The summed E-state index contributed by atoms with van der Waals surface area (Å²) in [6.07, 6.45) is 1.62. The summed E-state index contributed by atoms with van der Waals surface area (Å²) >= 11 is 0. The van der Waals surface area contributed by atoms with E-state index in [1.807, 2.05) is 6.92 Å². The lowest BCUT2D eigenvalue weighted by Crippen LogP contribution is -2.36. The van der Waals surface area contributed by atoms with Crippen LogP contribution in [-0.4, -0.2) is 19.1 Å². The zero-order chi connectivity index (χ0) is 10.4. The lowest BCUT2D eigenvalue weighted by Gasteiger charge is -2.21. The number of hydrogen-bond acceptors (Lipinski definition) is 3. The van der Waals surface area contributed by atoms with Gasteiger partial charge >= 0.3 is 5.97 Å². The van der Waals surface area contributed by atoms with Gasteiger partial charge in [0.2, 0.25) is 0 Å². The van der Waals surface area contributed by atoms with Crippen molar-refractivity contribution in [1.29, 1.82) is 0 Å². The first kappa shape index (κ1) is 12.4. The maximum absolute atomic E-state index is 11.3. The summed E-state index contributed by atoms with van der Waals surface area (Å²) in [5, 5.41) is 0. The highest BCUT2D eigenvalue weighted by molar-refractivity contribution is 5.73. The van der Waals surface area contributed by atoms with Gasteiger partial charge in [0.1, 0.15) is 0 Å². The van der Waals surface area contributed by atoms with Crippen molar-refractivity contribution in [2.45, 2.75) is 39.7 Å². The molecular formula is C10H21NO2. The molecule has 2 atom stereocenters. The monoisotopic (exact) mass is 187 g/mol. The van der Waals surface area contributed by atoms with E-state index in [0.717, 1.165) is 12.8 Å². The highest BCUT2D eigenvalue weighted by atomic mass is 16.5. The van der Waals surface area contributed by atoms with Crippen LogP contribution in [0.5, 0.6) is 0 Å². The third kappa shape index (κ3) is 4.27. The van der Waals surface area contributed by atoms with E-state index in [0.29, 0.717) is 5.92 Å². The van der Waals surface area contributed by atoms with Crippen LogP contribution >= 0.6 is 0 Å². The lowest BCUT2D eigenvalue weighted by molar-refractivity contribution is -0.146. The predicted octanol–water partition coefficient (Wildman–Crippen LogP) is 1.56. The summed E-state index contributed by atoms with van der Waals surface area (Å²) in [5.41, 5.74) is 5.91. The van der Waals surface area contributed by atoms with Crippen molar-refractivity contribution >= 4 is 5.97 Å². The van der Waals surface area contributed by atoms with Gasteiger partial charge in [-0.3, -0.25) is 4.79 Å². The fraction of sp³-hybridized carbons (Fsp3) is 0.900. The van der Waals surface area contributed by atoms with Crippen LogP contribution in [0.1, 0.15) is 33.6 Å². The van der Waals surface area contributed by atoms with Gasteiger partial charge in [-0.15, -0.1) is 0 Å². The first-order valence-electron chi connectivity index (χ1n) is 4.86. The van der Waals surface area contributed by atoms with Crippen LogP contribution in [0.15, 0.2) is 0 Å². The van der Waals surface area contributed by atoms with E-state index in [9.17, 15) is 4.79 Å². The van der Waals surface area contributed by atoms with Gasteiger partial charge in [-0.1, -0.05) is 20.8 Å². The van der Waals surface area contributed by atoms with Gasteiger partial charge < -0.3 is 10.5 Å². The zero-order valence-electron chi connectivity index (χ0n) is 9.04. The maximum Gasteiger partial charge on any atom is 0.310 e. The molecule has 0 radical (unpaired) electrons. The van der Waals surface area contributed by atoms with Crippen LogP contribution in [0, 0.1) is 11.8 Å². The van der Waals surface area contributed by atoms with Crippen LogP contribution in [0.4, 0.5) is 0 Å². The molecular weight excluding hydrogens is 166 g/mol. The van der Waals surface area contributed by atoms with Crippen molar-refractivity contribution in [3.8, 4) is 0 Å². The Bertz CT molecular complexity index is 157. The molecule has 13 heavy (non-hydrogen) atoms. The molecule has 3 heteroatoms. The first-order chi connectivity index (χ1) is 6.02. The molecule has 0 aromatic heterocycles. The van der Waals surface area contributed by atoms with E-state index < -0.39 is 0 Å². The van der Waals surface area contributed by atoms with Crippen molar-refractivity contribution in [2.75, 3.05) is 7.11 Å². The highest BCUT2D eigenvalue weighted by Gasteiger charge is 2.24. The quantitative estimate of drug-likeness (QED) is 0.664.